The highest BCUT2D eigenvalue weighted by Crippen LogP contribution is 2.35. The van der Waals surface area contributed by atoms with Crippen molar-refractivity contribution in [2.45, 2.75) is 4.90 Å². The number of carbonyl (C=O) groups excluding carboxylic acids is 1. The van der Waals surface area contributed by atoms with Gasteiger partial charge in [0.05, 0.1) is 12.7 Å². The molecule has 2 aromatic carbocycles. The average molecular weight is 826 g/mol. The molecule has 0 aromatic heterocycles. The third-order valence-electron chi connectivity index (χ3n) is 2.99. The van der Waals surface area contributed by atoms with Crippen LogP contribution in [0.3, 0.4) is 0 Å². The van der Waals surface area contributed by atoms with Crippen LogP contribution in [-0.2, 0) is 14.9 Å². The highest BCUT2D eigenvalue weighted by atomic mass is 127. The zero-order valence-corrected chi connectivity index (χ0v) is 22.2. The van der Waals surface area contributed by atoms with E-state index in [4.69, 9.17) is 9.47 Å². The molecule has 6 nitrogen and oxygen atoms in total. The lowest BCUT2D eigenvalue weighted by molar-refractivity contribution is 0.0449. The summed E-state index contributed by atoms with van der Waals surface area (Å²) in [6.07, 6.45) is 0. The number of ether oxygens (including phenoxy) is 2. The van der Waals surface area contributed by atoms with Gasteiger partial charge >= 0.3 is 5.97 Å². The van der Waals surface area contributed by atoms with E-state index in [0.717, 1.165) is 3.57 Å². The molecule has 0 radical (unpaired) electrons. The van der Waals surface area contributed by atoms with Crippen molar-refractivity contribution < 1.29 is 27.2 Å². The molecule has 0 saturated carbocycles. The molecule has 0 fully saturated rings. The first kappa shape index (κ1) is 22.8. The first-order valence-electron chi connectivity index (χ1n) is 6.81. The smallest absolute Gasteiger partial charge is 0.338 e. The molecule has 26 heavy (non-hydrogen) atoms. The molecule has 0 aliphatic carbocycles. The van der Waals surface area contributed by atoms with E-state index in [1.165, 1.54) is 0 Å². The first-order chi connectivity index (χ1) is 12.1. The minimum atomic E-state index is -4.37. The Kier molecular flexibility index (Phi) is 8.64. The lowest BCUT2D eigenvalue weighted by Crippen LogP contribution is -2.14. The van der Waals surface area contributed by atoms with Crippen molar-refractivity contribution in [2.24, 2.45) is 0 Å². The summed E-state index contributed by atoms with van der Waals surface area (Å²) in [5, 5.41) is 0. The first-order valence-corrected chi connectivity index (χ1v) is 12.6. The molecule has 0 saturated heterocycles. The molecule has 11 heteroatoms. The van der Waals surface area contributed by atoms with E-state index < -0.39 is 16.1 Å². The minimum Gasteiger partial charge on any atom is -0.488 e. The molecular formula is C15H10I4O6S. The van der Waals surface area contributed by atoms with E-state index >= 15 is 0 Å². The van der Waals surface area contributed by atoms with Gasteiger partial charge in [0.25, 0.3) is 10.1 Å². The molecule has 0 amide bonds. The normalized spacial score (nSPS) is 11.3. The standard InChI is InChI=1S/C15H10I4O6S/c16-9-3-1-8(2-4-9)15(20)25-6-5-24-13-10(17)7-11(18)14(12(13)19)26(21,22)23/h1-4,7H,5-6H2,(H,21,22,23). The quantitative estimate of drug-likeness (QED) is 0.199. The number of hydrogen-bond acceptors (Lipinski definition) is 5. The van der Waals surface area contributed by atoms with E-state index in [0.29, 0.717) is 18.5 Å². The van der Waals surface area contributed by atoms with E-state index in [2.05, 4.69) is 22.6 Å². The molecule has 1 N–H and O–H groups in total. The van der Waals surface area contributed by atoms with Crippen LogP contribution in [-0.4, -0.2) is 32.2 Å². The molecule has 0 atom stereocenters. The highest BCUT2D eigenvalue weighted by Gasteiger charge is 2.24. The summed E-state index contributed by atoms with van der Waals surface area (Å²) in [5.74, 6) is -0.139. The van der Waals surface area contributed by atoms with Gasteiger partial charge in [0.1, 0.15) is 23.9 Å². The number of rotatable bonds is 6. The van der Waals surface area contributed by atoms with Crippen molar-refractivity contribution in [3.05, 3.63) is 50.2 Å². The van der Waals surface area contributed by atoms with Crippen LogP contribution >= 0.6 is 90.4 Å². The molecule has 0 aliphatic rings. The summed E-state index contributed by atoms with van der Waals surface area (Å²) < 4.78 is 45.6. The zero-order chi connectivity index (χ0) is 19.5. The van der Waals surface area contributed by atoms with Gasteiger partial charge in [-0.3, -0.25) is 4.55 Å². The van der Waals surface area contributed by atoms with E-state index in [9.17, 15) is 17.8 Å². The summed E-state index contributed by atoms with van der Waals surface area (Å²) in [6.45, 7) is 0.0534. The van der Waals surface area contributed by atoms with Crippen LogP contribution in [0.4, 0.5) is 0 Å². The fraction of sp³-hybridized carbons (Fsp3) is 0.133. The van der Waals surface area contributed by atoms with Crippen molar-refractivity contribution in [3.63, 3.8) is 0 Å². The van der Waals surface area contributed by atoms with Gasteiger partial charge in [-0.2, -0.15) is 8.42 Å². The Morgan fingerprint density at radius 2 is 1.62 bits per heavy atom. The molecule has 2 aromatic rings. The number of benzene rings is 2. The van der Waals surface area contributed by atoms with Crippen LogP contribution in [0.5, 0.6) is 5.75 Å². The van der Waals surface area contributed by atoms with Crippen LogP contribution in [0, 0.1) is 14.3 Å². The largest absolute Gasteiger partial charge is 0.488 e. The number of halogens is 4. The number of carbonyl (C=O) groups is 1. The Bertz CT molecular complexity index is 928. The summed E-state index contributed by atoms with van der Waals surface area (Å²) in [6, 6.07) is 8.56. The van der Waals surface area contributed by atoms with E-state index in [1.54, 1.807) is 30.3 Å². The molecule has 0 heterocycles. The third-order valence-corrected chi connectivity index (χ3v) is 8.06. The topological polar surface area (TPSA) is 89.9 Å². The Hall–Kier alpha value is 0.540. The fourth-order valence-corrected chi connectivity index (χ4v) is 8.21. The molecule has 2 rings (SSSR count). The molecule has 0 aliphatic heterocycles. The Labute approximate surface area is 205 Å². The minimum absolute atomic E-state index is 0.00414. The maximum Gasteiger partial charge on any atom is 0.338 e. The predicted octanol–water partition coefficient (Wildman–Crippen LogP) is 4.59. The van der Waals surface area contributed by atoms with Crippen molar-refractivity contribution >= 4 is 106 Å². The number of esters is 1. The zero-order valence-electron chi connectivity index (χ0n) is 12.7. The Morgan fingerprint density at radius 3 is 2.19 bits per heavy atom. The second kappa shape index (κ2) is 9.84. The Balaban J connectivity index is 2.04. The third kappa shape index (κ3) is 6.02. The monoisotopic (exact) mass is 826 g/mol. The Morgan fingerprint density at radius 1 is 1.00 bits per heavy atom. The van der Waals surface area contributed by atoms with Crippen LogP contribution in [0.2, 0.25) is 0 Å². The number of hydrogen-bond donors (Lipinski definition) is 1. The summed E-state index contributed by atoms with van der Waals surface area (Å²) in [5.41, 5.74) is 0.442. The van der Waals surface area contributed by atoms with Gasteiger partial charge in [0.2, 0.25) is 0 Å². The van der Waals surface area contributed by atoms with Crippen LogP contribution < -0.4 is 4.74 Å². The van der Waals surface area contributed by atoms with E-state index in [1.807, 2.05) is 67.8 Å². The molecular weight excluding hydrogens is 816 g/mol. The second-order valence-corrected chi connectivity index (χ2v) is 10.8. The van der Waals surface area contributed by atoms with Gasteiger partial charge in [-0.05, 0) is 121 Å². The van der Waals surface area contributed by atoms with Gasteiger partial charge in [-0.15, -0.1) is 0 Å². The van der Waals surface area contributed by atoms with Crippen LogP contribution in [0.15, 0.2) is 35.2 Å². The molecule has 0 unspecified atom stereocenters. The molecule has 0 bridgehead atoms. The summed E-state index contributed by atoms with van der Waals surface area (Å²) >= 11 is 7.81. The van der Waals surface area contributed by atoms with E-state index in [-0.39, 0.29) is 21.7 Å². The lowest BCUT2D eigenvalue weighted by atomic mass is 10.2. The van der Waals surface area contributed by atoms with Gasteiger partial charge in [-0.1, -0.05) is 0 Å². The van der Waals surface area contributed by atoms with Crippen molar-refractivity contribution in [1.82, 2.24) is 0 Å². The maximum atomic E-state index is 11.9. The highest BCUT2D eigenvalue weighted by molar-refractivity contribution is 14.1. The van der Waals surface area contributed by atoms with Crippen LogP contribution in [0.1, 0.15) is 10.4 Å². The second-order valence-electron chi connectivity index (χ2n) is 4.78. The predicted molar refractivity (Wildman–Crippen MR) is 129 cm³/mol. The van der Waals surface area contributed by atoms with Gasteiger partial charge in [0, 0.05) is 7.14 Å². The van der Waals surface area contributed by atoms with Gasteiger partial charge in [0.15, 0.2) is 0 Å². The maximum absolute atomic E-state index is 11.9. The lowest BCUT2D eigenvalue weighted by Gasteiger charge is -2.14. The summed E-state index contributed by atoms with van der Waals surface area (Å²) in [4.78, 5) is 11.7. The fourth-order valence-electron chi connectivity index (χ4n) is 1.87. The van der Waals surface area contributed by atoms with Crippen molar-refractivity contribution in [2.75, 3.05) is 13.2 Å². The SMILES string of the molecule is O=C(OCCOc1c(I)cc(I)c(S(=O)(=O)O)c1I)c1ccc(I)cc1. The van der Waals surface area contributed by atoms with Gasteiger partial charge < -0.3 is 9.47 Å². The van der Waals surface area contributed by atoms with Crippen molar-refractivity contribution in [1.29, 1.82) is 0 Å². The molecule has 0 spiro atoms. The van der Waals surface area contributed by atoms with Gasteiger partial charge in [-0.25, -0.2) is 4.79 Å². The summed E-state index contributed by atoms with van der Waals surface area (Å²) in [7, 11) is -4.37. The van der Waals surface area contributed by atoms with Crippen LogP contribution in [0.25, 0.3) is 0 Å². The van der Waals surface area contributed by atoms with Crippen molar-refractivity contribution in [3.8, 4) is 5.75 Å². The average Bonchev–Trinajstić information content (AvgIpc) is 2.52. The molecule has 140 valence electrons.